The van der Waals surface area contributed by atoms with Crippen molar-refractivity contribution in [3.05, 3.63) is 288 Å². The molecule has 0 unspecified atom stereocenters. The maximum absolute atomic E-state index is 15.5. The number of hydrogen-bond donors (Lipinski definition) is 0. The quantitative estimate of drug-likeness (QED) is 0.0505. The topological polar surface area (TPSA) is 351 Å². The summed E-state index contributed by atoms with van der Waals surface area (Å²) in [4.78, 5) is 84.5. The summed E-state index contributed by atoms with van der Waals surface area (Å²) in [7, 11) is 11.5. The van der Waals surface area contributed by atoms with E-state index in [-0.39, 0.29) is 80.9 Å². The molecular formula is C109H86F4N24O8. The smallest absolute Gasteiger partial charge is 0.322 e. The summed E-state index contributed by atoms with van der Waals surface area (Å²) in [5.41, 5.74) is 15.3. The number of methoxy groups -OCH3 is 4. The molecular weight excluding hydrogens is 1850 g/mol. The Bertz CT molecular complexity index is 9030. The molecule has 16 aromatic heterocycles. The molecule has 0 amide bonds. The minimum absolute atomic E-state index is 0.00463. The lowest BCUT2D eigenvalue weighted by atomic mass is 9.98. The molecule has 0 bridgehead atoms. The van der Waals surface area contributed by atoms with Crippen molar-refractivity contribution in [3.8, 4) is 208 Å². The standard InChI is InChI=1S/C28H23FN6O2.3C27H21FN6O2/c1-6-7-19-13-23(36-5)20(14-31-19)26-25(24-17(3)32-15-33-27(24)35(26)4)18-8-9-22(21(29)12-18)37-28-30-11-10-16(2)34-28;3*1-6-18-12-22(35-5)19(13-30-18)25-24(23-16(3)31-14-32-26(23)34(25)4)17-7-8-21(20(28)11-17)36-27-29-10-9-15(2)33-27/h8-15H,1-5H3;3*1,7-14H,2-5H3/i;4D3;3D3;2D3. The second kappa shape index (κ2) is 41.7. The van der Waals surface area contributed by atoms with Gasteiger partial charge in [-0.05, 0) is 163 Å². The fraction of sp³-hybridized carbons (Fsp3) is 0.156. The first-order valence-electron chi connectivity index (χ1n) is 48.2. The number of nitrogens with zero attached hydrogens (tertiary/aromatic N) is 24. The highest BCUT2D eigenvalue weighted by Crippen LogP contribution is 2.51. The van der Waals surface area contributed by atoms with Gasteiger partial charge in [-0.25, -0.2) is 117 Å². The van der Waals surface area contributed by atoms with Gasteiger partial charge < -0.3 is 56.2 Å². The molecule has 718 valence electrons. The van der Waals surface area contributed by atoms with Gasteiger partial charge in [0.25, 0.3) is 0 Å². The third-order valence-corrected chi connectivity index (χ3v) is 22.9. The lowest BCUT2D eigenvalue weighted by Gasteiger charge is -2.13. The van der Waals surface area contributed by atoms with E-state index in [0.717, 1.165) is 38.0 Å². The van der Waals surface area contributed by atoms with E-state index in [9.17, 15) is 0 Å². The van der Waals surface area contributed by atoms with Gasteiger partial charge in [0.15, 0.2) is 46.3 Å². The number of rotatable bonds is 20. The van der Waals surface area contributed by atoms with Crippen LogP contribution in [0.2, 0.25) is 0 Å². The highest BCUT2D eigenvalue weighted by atomic mass is 19.1. The molecule has 0 aliphatic carbocycles. The molecule has 32 nitrogen and oxygen atoms in total. The molecule has 0 N–H and O–H groups in total. The summed E-state index contributed by atoms with van der Waals surface area (Å²) in [6.07, 6.45) is 34.1. The van der Waals surface area contributed by atoms with Gasteiger partial charge in [0, 0.05) is 181 Å². The van der Waals surface area contributed by atoms with E-state index in [2.05, 4.69) is 129 Å². The summed E-state index contributed by atoms with van der Waals surface area (Å²) < 4.78 is 185. The lowest BCUT2D eigenvalue weighted by molar-refractivity contribution is 0.410. The Balaban J connectivity index is 0.000000139. The second-order valence-corrected chi connectivity index (χ2v) is 31.8. The Labute approximate surface area is 840 Å². The van der Waals surface area contributed by atoms with Gasteiger partial charge in [-0.1, -0.05) is 47.9 Å². The van der Waals surface area contributed by atoms with Crippen LogP contribution in [0.15, 0.2) is 196 Å². The zero-order valence-corrected chi connectivity index (χ0v) is 79.7. The molecule has 0 saturated heterocycles. The molecule has 16 heterocycles. The molecule has 0 aliphatic rings. The minimum Gasteiger partial charge on any atom is -0.496 e. The Morgan fingerprint density at radius 2 is 0.572 bits per heavy atom. The number of aryl methyl sites for hydroxylation is 12. The van der Waals surface area contributed by atoms with E-state index < -0.39 is 43.9 Å². The van der Waals surface area contributed by atoms with E-state index in [4.69, 9.17) is 69.5 Å². The number of halogens is 4. The second-order valence-electron chi connectivity index (χ2n) is 31.8. The van der Waals surface area contributed by atoms with Crippen LogP contribution in [-0.2, 0) is 28.1 Å². The van der Waals surface area contributed by atoms with Crippen LogP contribution in [0, 0.1) is 127 Å². The van der Waals surface area contributed by atoms with Crippen LogP contribution in [-0.4, -0.2) is 146 Å². The van der Waals surface area contributed by atoms with Crippen LogP contribution < -0.4 is 37.9 Å². The van der Waals surface area contributed by atoms with E-state index in [1.807, 2.05) is 44.0 Å². The molecule has 0 atom stereocenters. The number of aromatic nitrogens is 24. The zero-order valence-electron chi connectivity index (χ0n) is 88.7. The molecule has 0 aliphatic heterocycles. The predicted octanol–water partition coefficient (Wildman–Crippen LogP) is 20.5. The lowest BCUT2D eigenvalue weighted by Crippen LogP contribution is -1.99. The number of terminal acetylenes is 3. The van der Waals surface area contributed by atoms with E-state index in [0.29, 0.717) is 158 Å². The van der Waals surface area contributed by atoms with Crippen molar-refractivity contribution in [1.29, 1.82) is 0 Å². The maximum atomic E-state index is 15.5. The van der Waals surface area contributed by atoms with Crippen molar-refractivity contribution >= 4 is 44.1 Å². The molecule has 0 fully saturated rings. The molecule has 0 radical (unpaired) electrons. The average molecular weight is 1950 g/mol. The van der Waals surface area contributed by atoms with Gasteiger partial charge >= 0.3 is 24.0 Å². The van der Waals surface area contributed by atoms with Gasteiger partial charge in [0.1, 0.15) is 93.7 Å². The Morgan fingerprint density at radius 3 is 0.841 bits per heavy atom. The largest absolute Gasteiger partial charge is 0.496 e. The summed E-state index contributed by atoms with van der Waals surface area (Å²) in [6, 6.07) is 30.5. The summed E-state index contributed by atoms with van der Waals surface area (Å²) in [5.74, 6) is 11.9. The summed E-state index contributed by atoms with van der Waals surface area (Å²) in [6.45, 7) is 4.85. The molecule has 0 saturated carbocycles. The summed E-state index contributed by atoms with van der Waals surface area (Å²) >= 11 is 0. The first-order valence-corrected chi connectivity index (χ1v) is 43.7. The van der Waals surface area contributed by atoms with Crippen molar-refractivity contribution < 1.29 is 67.8 Å². The number of fused-ring (bicyclic) bond motifs is 4. The van der Waals surface area contributed by atoms with E-state index in [1.54, 1.807) is 132 Å². The van der Waals surface area contributed by atoms with Crippen LogP contribution in [0.3, 0.4) is 0 Å². The molecule has 4 aromatic carbocycles. The Morgan fingerprint density at radius 1 is 0.303 bits per heavy atom. The predicted molar refractivity (Wildman–Crippen MR) is 537 cm³/mol. The van der Waals surface area contributed by atoms with Crippen LogP contribution in [0.5, 0.6) is 70.0 Å². The van der Waals surface area contributed by atoms with Crippen molar-refractivity contribution in [3.63, 3.8) is 0 Å². The van der Waals surface area contributed by atoms with Gasteiger partial charge in [-0.2, -0.15) is 0 Å². The molecule has 0 spiro atoms. The number of benzene rings is 4. The van der Waals surface area contributed by atoms with Crippen molar-refractivity contribution in [2.45, 2.75) is 62.2 Å². The molecule has 20 aromatic rings. The fourth-order valence-corrected chi connectivity index (χ4v) is 16.4. The van der Waals surface area contributed by atoms with Gasteiger partial charge in [-0.15, -0.1) is 19.3 Å². The monoisotopic (exact) mass is 1940 g/mol. The van der Waals surface area contributed by atoms with Gasteiger partial charge in [0.2, 0.25) is 0 Å². The van der Waals surface area contributed by atoms with Crippen molar-refractivity contribution in [2.75, 3.05) is 28.4 Å². The van der Waals surface area contributed by atoms with E-state index in [1.165, 1.54) is 132 Å². The van der Waals surface area contributed by atoms with Crippen LogP contribution >= 0.6 is 0 Å². The van der Waals surface area contributed by atoms with Gasteiger partial charge in [0.05, 0.1) is 96.2 Å². The van der Waals surface area contributed by atoms with E-state index >= 15 is 17.6 Å². The molecule has 36 heteroatoms. The van der Waals surface area contributed by atoms with Crippen molar-refractivity contribution in [2.24, 2.45) is 28.1 Å². The Kier molecular flexibility index (Phi) is 24.8. The average Bonchev–Trinajstić information content (AvgIpc) is 1.56. The molecule has 20 rings (SSSR count). The van der Waals surface area contributed by atoms with Crippen LogP contribution in [0.4, 0.5) is 17.6 Å². The Hall–Kier alpha value is -19.4. The zero-order chi connectivity index (χ0) is 110. The number of pyridine rings is 4. The minimum atomic E-state index is -2.67. The SMILES string of the molecule is CC#Cc1cc(OC)c(-c2c(-c3ccc(Oc4nccc(C)n4)c(F)c3)c3c(C)ncnc3n2C)cn1.[2H]C([2H])([2H])c1ccnc(Oc2ccc(-c3c(-c4cnc(C#C)cc4OC)n(C)c4ncnc(C)c34)cc2F)n1.[2H]C([2H])([2H])c1ncnc2c1c(-c1ccc(Oc3nccc(C)n3)c(F)c1)c(-c1cnc(C#C)cc1OC)n2C.[2H]C([2H])([2H])n1c(-c2cnc(C#C)cc2OC)c(-c2ccc(Oc3nccc(C)n3)c(F)c2)c2c(C)ncnc21. The maximum Gasteiger partial charge on any atom is 0.322 e. The number of hydrogen-bond acceptors (Lipinski definition) is 28. The first-order chi connectivity index (χ1) is 73.8. The normalized spacial score (nSPS) is 12.0. The number of ether oxygens (including phenoxy) is 8. The van der Waals surface area contributed by atoms with Crippen molar-refractivity contribution in [1.82, 2.24) is 118 Å². The van der Waals surface area contributed by atoms with Gasteiger partial charge in [-0.3, -0.25) is 0 Å². The summed E-state index contributed by atoms with van der Waals surface area (Å²) in [5, 5.41) is 2.20. The highest BCUT2D eigenvalue weighted by Gasteiger charge is 2.32. The van der Waals surface area contributed by atoms with Crippen LogP contribution in [0.1, 0.15) is 87.6 Å². The fourth-order valence-electron chi connectivity index (χ4n) is 16.4. The molecule has 145 heavy (non-hydrogen) atoms. The third kappa shape index (κ3) is 19.6. The van der Waals surface area contributed by atoms with Crippen LogP contribution in [0.25, 0.3) is 134 Å². The first kappa shape index (κ1) is 86.0. The highest BCUT2D eigenvalue weighted by molar-refractivity contribution is 6.09. The third-order valence-electron chi connectivity index (χ3n) is 22.9.